The van der Waals surface area contributed by atoms with Crippen LogP contribution in [0.1, 0.15) is 10.1 Å². The molecule has 134 valence electrons. The number of rotatable bonds is 4. The van der Waals surface area contributed by atoms with Crippen LogP contribution >= 0.6 is 23.5 Å². The molecule has 1 fully saturated rings. The smallest absolute Gasteiger partial charge is 0.325 e. The Morgan fingerprint density at radius 1 is 1.12 bits per heavy atom. The zero-order valence-electron chi connectivity index (χ0n) is 14.3. The molecule has 26 heavy (non-hydrogen) atoms. The maximum Gasteiger partial charge on any atom is 0.329 e. The number of nitrogens with one attached hydrogen (secondary N) is 1. The number of hydrogen-bond donors (Lipinski definition) is 1. The Balaban J connectivity index is 1.54. The van der Waals surface area contributed by atoms with Crippen LogP contribution in [-0.2, 0) is 18.4 Å². The number of carbonyl (C=O) groups is 1. The van der Waals surface area contributed by atoms with Crippen LogP contribution in [0.5, 0.6) is 0 Å². The number of thioether (sulfide) groups is 2. The van der Waals surface area contributed by atoms with Gasteiger partial charge in [-0.1, -0.05) is 24.3 Å². The number of para-hydroxylation sites is 2. The molecule has 0 saturated carbocycles. The van der Waals surface area contributed by atoms with E-state index in [4.69, 9.17) is 0 Å². The van der Waals surface area contributed by atoms with Gasteiger partial charge in [0.15, 0.2) is 0 Å². The lowest BCUT2D eigenvalue weighted by atomic mass is 10.2. The van der Waals surface area contributed by atoms with Crippen LogP contribution in [0.4, 0.5) is 5.69 Å². The van der Waals surface area contributed by atoms with Gasteiger partial charge in [0.05, 0.1) is 15.6 Å². The van der Waals surface area contributed by atoms with Gasteiger partial charge in [-0.3, -0.25) is 13.9 Å². The molecule has 4 rings (SSSR count). The van der Waals surface area contributed by atoms with Gasteiger partial charge in [0.1, 0.15) is 6.54 Å². The zero-order chi connectivity index (χ0) is 18.1. The Hall–Kier alpha value is -2.12. The van der Waals surface area contributed by atoms with Gasteiger partial charge in [0, 0.05) is 24.2 Å². The zero-order valence-corrected chi connectivity index (χ0v) is 16.0. The Morgan fingerprint density at radius 3 is 2.62 bits per heavy atom. The first-order valence-electron chi connectivity index (χ1n) is 8.41. The minimum Gasteiger partial charge on any atom is -0.325 e. The van der Waals surface area contributed by atoms with Crippen molar-refractivity contribution in [2.24, 2.45) is 7.05 Å². The van der Waals surface area contributed by atoms with Crippen LogP contribution in [0.15, 0.2) is 53.3 Å². The van der Waals surface area contributed by atoms with Crippen molar-refractivity contribution in [2.45, 2.75) is 11.1 Å². The van der Waals surface area contributed by atoms with Crippen LogP contribution in [0.3, 0.4) is 0 Å². The average Bonchev–Trinajstić information content (AvgIpc) is 3.26. The number of fused-ring (bicyclic) bond motifs is 1. The Kier molecular flexibility index (Phi) is 4.82. The van der Waals surface area contributed by atoms with E-state index in [-0.39, 0.29) is 18.1 Å². The topological polar surface area (TPSA) is 56.0 Å². The highest BCUT2D eigenvalue weighted by Crippen LogP contribution is 2.45. The van der Waals surface area contributed by atoms with Crippen molar-refractivity contribution >= 4 is 46.2 Å². The monoisotopic (exact) mass is 385 g/mol. The second-order valence-corrected chi connectivity index (χ2v) is 8.89. The van der Waals surface area contributed by atoms with Gasteiger partial charge in [-0.2, -0.15) is 0 Å². The number of nitrogens with zero attached hydrogens (tertiary/aromatic N) is 2. The maximum absolute atomic E-state index is 12.5. The summed E-state index contributed by atoms with van der Waals surface area (Å²) in [5.74, 6) is 2.12. The third-order valence-corrected chi connectivity index (χ3v) is 7.52. The third kappa shape index (κ3) is 3.29. The molecule has 0 spiro atoms. The molecule has 7 heteroatoms. The van der Waals surface area contributed by atoms with Gasteiger partial charge in [-0.15, -0.1) is 23.5 Å². The van der Waals surface area contributed by atoms with Crippen LogP contribution in [0, 0.1) is 0 Å². The predicted molar refractivity (Wildman–Crippen MR) is 110 cm³/mol. The minimum absolute atomic E-state index is 0.00264. The molecule has 1 aliphatic rings. The van der Waals surface area contributed by atoms with Crippen LogP contribution in [-0.4, -0.2) is 26.5 Å². The standard InChI is InChI=1S/C19H19N3O2S2/c1-21-15-7-2-3-8-16(15)22(19(21)24)12-17(23)20-14-6-4-5-13(11-14)18-25-9-10-26-18/h2-8,11,18H,9-10,12H2,1H3,(H,20,23). The number of amides is 1. The second-order valence-electron chi connectivity index (χ2n) is 6.16. The van der Waals surface area contributed by atoms with Gasteiger partial charge >= 0.3 is 5.69 Å². The van der Waals surface area contributed by atoms with E-state index in [0.717, 1.165) is 28.2 Å². The summed E-state index contributed by atoms with van der Waals surface area (Å²) < 4.78 is 3.52. The van der Waals surface area contributed by atoms with E-state index in [1.165, 1.54) is 10.1 Å². The van der Waals surface area contributed by atoms with E-state index < -0.39 is 0 Å². The molecule has 0 unspecified atom stereocenters. The van der Waals surface area contributed by atoms with Crippen molar-refractivity contribution in [1.29, 1.82) is 0 Å². The molecule has 0 bridgehead atoms. The molecule has 0 aliphatic carbocycles. The van der Waals surface area contributed by atoms with E-state index in [2.05, 4.69) is 11.4 Å². The van der Waals surface area contributed by atoms with Gasteiger partial charge in [-0.25, -0.2) is 4.79 Å². The number of imidazole rings is 1. The molecular formula is C19H19N3O2S2. The van der Waals surface area contributed by atoms with Gasteiger partial charge in [0.2, 0.25) is 5.91 Å². The molecule has 1 saturated heterocycles. The predicted octanol–water partition coefficient (Wildman–Crippen LogP) is 3.46. The summed E-state index contributed by atoms with van der Waals surface area (Å²) in [6.07, 6.45) is 0. The molecule has 2 aromatic carbocycles. The maximum atomic E-state index is 12.5. The summed E-state index contributed by atoms with van der Waals surface area (Å²) in [5, 5.41) is 2.93. The summed E-state index contributed by atoms with van der Waals surface area (Å²) in [6.45, 7) is -0.00264. The number of anilines is 1. The van der Waals surface area contributed by atoms with E-state index in [9.17, 15) is 9.59 Å². The number of benzene rings is 2. The van der Waals surface area contributed by atoms with Crippen molar-refractivity contribution in [3.8, 4) is 0 Å². The van der Waals surface area contributed by atoms with Gasteiger partial charge in [-0.05, 0) is 29.8 Å². The van der Waals surface area contributed by atoms with Crippen LogP contribution in [0.2, 0.25) is 0 Å². The molecule has 5 nitrogen and oxygen atoms in total. The van der Waals surface area contributed by atoms with Gasteiger partial charge in [0.25, 0.3) is 0 Å². The highest BCUT2D eigenvalue weighted by Gasteiger charge is 2.19. The SMILES string of the molecule is Cn1c(=O)n(CC(=O)Nc2cccc(C3SCCS3)c2)c2ccccc21. The Morgan fingerprint density at radius 2 is 1.85 bits per heavy atom. The normalized spacial score (nSPS) is 14.8. The fourth-order valence-electron chi connectivity index (χ4n) is 3.17. The number of aryl methyl sites for hydroxylation is 1. The second kappa shape index (κ2) is 7.25. The molecule has 1 N–H and O–H groups in total. The van der Waals surface area contributed by atoms with Crippen molar-refractivity contribution in [1.82, 2.24) is 9.13 Å². The van der Waals surface area contributed by atoms with E-state index in [0.29, 0.717) is 4.58 Å². The van der Waals surface area contributed by atoms with Crippen molar-refractivity contribution in [2.75, 3.05) is 16.8 Å². The highest BCUT2D eigenvalue weighted by atomic mass is 32.2. The Bertz CT molecular complexity index is 1020. The molecule has 1 aromatic heterocycles. The molecule has 1 aliphatic heterocycles. The van der Waals surface area contributed by atoms with Crippen molar-refractivity contribution < 1.29 is 4.79 Å². The summed E-state index contributed by atoms with van der Waals surface area (Å²) >= 11 is 3.87. The minimum atomic E-state index is -0.202. The number of aromatic nitrogens is 2. The largest absolute Gasteiger partial charge is 0.329 e. The molecular weight excluding hydrogens is 366 g/mol. The summed E-state index contributed by atoms with van der Waals surface area (Å²) in [7, 11) is 1.72. The molecule has 0 atom stereocenters. The molecule has 0 radical (unpaired) electrons. The van der Waals surface area contributed by atoms with E-state index in [1.54, 1.807) is 11.6 Å². The molecule has 1 amide bonds. The molecule has 2 heterocycles. The lowest BCUT2D eigenvalue weighted by molar-refractivity contribution is -0.116. The first-order chi connectivity index (χ1) is 12.6. The Labute approximate surface area is 159 Å². The van der Waals surface area contributed by atoms with E-state index in [1.807, 2.05) is 66.0 Å². The fraction of sp³-hybridized carbons (Fsp3) is 0.263. The third-order valence-electron chi connectivity index (χ3n) is 4.42. The number of carbonyl (C=O) groups excluding carboxylic acids is 1. The first kappa shape index (κ1) is 17.3. The average molecular weight is 386 g/mol. The van der Waals surface area contributed by atoms with Crippen molar-refractivity contribution in [3.63, 3.8) is 0 Å². The molecule has 3 aromatic rings. The van der Waals surface area contributed by atoms with Crippen LogP contribution < -0.4 is 11.0 Å². The first-order valence-corrected chi connectivity index (χ1v) is 10.5. The highest BCUT2D eigenvalue weighted by molar-refractivity contribution is 8.19. The fourth-order valence-corrected chi connectivity index (χ4v) is 6.01. The van der Waals surface area contributed by atoms with E-state index >= 15 is 0 Å². The lowest BCUT2D eigenvalue weighted by Crippen LogP contribution is -2.28. The number of hydrogen-bond acceptors (Lipinski definition) is 4. The summed E-state index contributed by atoms with van der Waals surface area (Å²) in [5.41, 5.74) is 3.39. The van der Waals surface area contributed by atoms with Crippen molar-refractivity contribution in [3.05, 3.63) is 64.6 Å². The van der Waals surface area contributed by atoms with Crippen LogP contribution in [0.25, 0.3) is 11.0 Å². The van der Waals surface area contributed by atoms with Gasteiger partial charge < -0.3 is 5.32 Å². The quantitative estimate of drug-likeness (QED) is 0.747. The lowest BCUT2D eigenvalue weighted by Gasteiger charge is -2.11. The summed E-state index contributed by atoms with van der Waals surface area (Å²) in [6, 6.07) is 15.5. The summed E-state index contributed by atoms with van der Waals surface area (Å²) in [4.78, 5) is 25.0.